The molecule has 0 spiro atoms. The van der Waals surface area contributed by atoms with E-state index >= 15 is 0 Å². The largest absolute Gasteiger partial charge is 0.311 e. The predicted molar refractivity (Wildman–Crippen MR) is 88.4 cm³/mol. The van der Waals surface area contributed by atoms with Gasteiger partial charge in [0.05, 0.1) is 11.6 Å². The Morgan fingerprint density at radius 2 is 1.90 bits per heavy atom. The van der Waals surface area contributed by atoms with Gasteiger partial charge in [-0.25, -0.2) is 0 Å². The number of hydrogen-bond acceptors (Lipinski definition) is 3. The molecular weight excluding hydrogens is 258 g/mol. The third-order valence-electron chi connectivity index (χ3n) is 5.13. The molecule has 1 unspecified atom stereocenters. The highest BCUT2D eigenvalue weighted by atomic mass is 15.2. The molecule has 112 valence electrons. The van der Waals surface area contributed by atoms with E-state index in [0.717, 1.165) is 5.52 Å². The van der Waals surface area contributed by atoms with Crippen molar-refractivity contribution in [3.05, 3.63) is 42.1 Å². The Kier molecular flexibility index (Phi) is 3.96. The molecule has 2 aromatic rings. The quantitative estimate of drug-likeness (QED) is 0.932. The van der Waals surface area contributed by atoms with Gasteiger partial charge in [-0.05, 0) is 51.7 Å². The highest BCUT2D eigenvalue weighted by Gasteiger charge is 2.43. The molecule has 1 aliphatic rings. The van der Waals surface area contributed by atoms with Crippen LogP contribution >= 0.6 is 0 Å². The molecule has 0 radical (unpaired) electrons. The van der Waals surface area contributed by atoms with Gasteiger partial charge >= 0.3 is 0 Å². The Hall–Kier alpha value is -1.45. The normalized spacial score (nSPS) is 19.2. The van der Waals surface area contributed by atoms with Crippen molar-refractivity contribution in [1.82, 2.24) is 15.2 Å². The molecule has 3 rings (SSSR count). The Morgan fingerprint density at radius 3 is 2.57 bits per heavy atom. The lowest BCUT2D eigenvalue weighted by Gasteiger charge is -2.43. The number of likely N-dealkylation sites (N-methyl/N-ethyl adjacent to an activating group) is 2. The summed E-state index contributed by atoms with van der Waals surface area (Å²) in [6.45, 7) is 0. The molecule has 1 saturated carbocycles. The topological polar surface area (TPSA) is 28.2 Å². The minimum absolute atomic E-state index is 0.207. The van der Waals surface area contributed by atoms with Crippen molar-refractivity contribution in [2.24, 2.45) is 0 Å². The first kappa shape index (κ1) is 14.5. The predicted octanol–water partition coefficient (Wildman–Crippen LogP) is 3.37. The van der Waals surface area contributed by atoms with Crippen molar-refractivity contribution in [1.29, 1.82) is 0 Å². The summed E-state index contributed by atoms with van der Waals surface area (Å²) >= 11 is 0. The number of aromatic nitrogens is 1. The number of rotatable bonds is 4. The molecule has 1 aromatic heterocycles. The van der Waals surface area contributed by atoms with Crippen LogP contribution in [-0.4, -0.2) is 36.6 Å². The van der Waals surface area contributed by atoms with Gasteiger partial charge in [-0.3, -0.25) is 4.98 Å². The van der Waals surface area contributed by atoms with Gasteiger partial charge in [0.1, 0.15) is 0 Å². The van der Waals surface area contributed by atoms with E-state index in [1.54, 1.807) is 0 Å². The fourth-order valence-corrected chi connectivity index (χ4v) is 3.97. The van der Waals surface area contributed by atoms with E-state index in [0.29, 0.717) is 6.04 Å². The van der Waals surface area contributed by atoms with Crippen molar-refractivity contribution in [2.45, 2.75) is 37.3 Å². The van der Waals surface area contributed by atoms with Gasteiger partial charge in [-0.15, -0.1) is 0 Å². The molecule has 0 saturated heterocycles. The number of nitrogens with zero attached hydrogens (tertiary/aromatic N) is 2. The van der Waals surface area contributed by atoms with E-state index < -0.39 is 0 Å². The van der Waals surface area contributed by atoms with E-state index in [4.69, 9.17) is 0 Å². The Bertz CT molecular complexity index is 615. The van der Waals surface area contributed by atoms with Crippen LogP contribution < -0.4 is 5.32 Å². The van der Waals surface area contributed by atoms with E-state index in [1.165, 1.54) is 36.6 Å². The van der Waals surface area contributed by atoms with Crippen LogP contribution in [0.1, 0.15) is 37.3 Å². The number of para-hydroxylation sites is 1. The minimum atomic E-state index is 0.207. The molecular formula is C18H25N3. The summed E-state index contributed by atoms with van der Waals surface area (Å²) in [5.74, 6) is 0. The summed E-state index contributed by atoms with van der Waals surface area (Å²) in [6.07, 6.45) is 7.18. The summed E-state index contributed by atoms with van der Waals surface area (Å²) in [7, 11) is 6.50. The van der Waals surface area contributed by atoms with Crippen molar-refractivity contribution in [2.75, 3.05) is 21.1 Å². The summed E-state index contributed by atoms with van der Waals surface area (Å²) in [5.41, 5.74) is 2.58. The highest BCUT2D eigenvalue weighted by Crippen LogP contribution is 2.43. The third kappa shape index (κ3) is 2.45. The number of fused-ring (bicyclic) bond motifs is 1. The van der Waals surface area contributed by atoms with Gasteiger partial charge in [-0.1, -0.05) is 31.0 Å². The Labute approximate surface area is 127 Å². The van der Waals surface area contributed by atoms with Crippen LogP contribution in [0.25, 0.3) is 10.9 Å². The molecule has 1 aromatic carbocycles. The van der Waals surface area contributed by atoms with Crippen molar-refractivity contribution in [3.63, 3.8) is 0 Å². The van der Waals surface area contributed by atoms with Crippen LogP contribution in [0.4, 0.5) is 0 Å². The second kappa shape index (κ2) is 5.74. The molecule has 3 nitrogen and oxygen atoms in total. The number of nitrogens with one attached hydrogen (secondary N) is 1. The number of benzene rings is 1. The third-order valence-corrected chi connectivity index (χ3v) is 5.13. The summed E-state index contributed by atoms with van der Waals surface area (Å²) in [5, 5.41) is 4.79. The van der Waals surface area contributed by atoms with Crippen molar-refractivity contribution >= 4 is 10.9 Å². The van der Waals surface area contributed by atoms with Crippen LogP contribution in [0.3, 0.4) is 0 Å². The molecule has 0 aliphatic heterocycles. The highest BCUT2D eigenvalue weighted by molar-refractivity contribution is 5.78. The molecule has 1 atom stereocenters. The monoisotopic (exact) mass is 283 g/mol. The smallest absolute Gasteiger partial charge is 0.0702 e. The van der Waals surface area contributed by atoms with Gasteiger partial charge in [0.15, 0.2) is 0 Å². The maximum Gasteiger partial charge on any atom is 0.0702 e. The van der Waals surface area contributed by atoms with E-state index in [1.807, 2.05) is 12.3 Å². The molecule has 0 bridgehead atoms. The van der Waals surface area contributed by atoms with Crippen LogP contribution in [-0.2, 0) is 0 Å². The maximum absolute atomic E-state index is 4.65. The first-order valence-electron chi connectivity index (χ1n) is 7.87. The zero-order chi connectivity index (χ0) is 14.9. The maximum atomic E-state index is 4.65. The fourth-order valence-electron chi connectivity index (χ4n) is 3.97. The van der Waals surface area contributed by atoms with Crippen LogP contribution in [0.5, 0.6) is 0 Å². The lowest BCUT2D eigenvalue weighted by Crippen LogP contribution is -2.51. The van der Waals surface area contributed by atoms with Gasteiger partial charge in [-0.2, -0.15) is 0 Å². The SMILES string of the molecule is CNC(c1cnc2ccccc2c1)C1(N(C)C)CCCC1. The lowest BCUT2D eigenvalue weighted by atomic mass is 9.82. The molecule has 1 fully saturated rings. The Balaban J connectivity index is 2.04. The summed E-state index contributed by atoms with van der Waals surface area (Å²) < 4.78 is 0. The fraction of sp³-hybridized carbons (Fsp3) is 0.500. The second-order valence-corrected chi connectivity index (χ2v) is 6.39. The van der Waals surface area contributed by atoms with E-state index in [9.17, 15) is 0 Å². The van der Waals surface area contributed by atoms with Crippen LogP contribution in [0, 0.1) is 0 Å². The van der Waals surface area contributed by atoms with Gasteiger partial charge in [0, 0.05) is 17.1 Å². The zero-order valence-electron chi connectivity index (χ0n) is 13.3. The summed E-state index contributed by atoms with van der Waals surface area (Å²) in [4.78, 5) is 7.07. The van der Waals surface area contributed by atoms with E-state index in [-0.39, 0.29) is 5.54 Å². The molecule has 1 heterocycles. The number of pyridine rings is 1. The van der Waals surface area contributed by atoms with Gasteiger partial charge in [0.25, 0.3) is 0 Å². The number of hydrogen-bond donors (Lipinski definition) is 1. The van der Waals surface area contributed by atoms with Gasteiger partial charge < -0.3 is 10.2 Å². The van der Waals surface area contributed by atoms with Crippen LogP contribution in [0.15, 0.2) is 36.5 Å². The zero-order valence-corrected chi connectivity index (χ0v) is 13.3. The average Bonchev–Trinajstić information content (AvgIpc) is 2.99. The molecule has 0 amide bonds. The molecule has 3 heteroatoms. The first-order valence-corrected chi connectivity index (χ1v) is 7.87. The van der Waals surface area contributed by atoms with E-state index in [2.05, 4.69) is 60.6 Å². The van der Waals surface area contributed by atoms with Gasteiger partial charge in [0.2, 0.25) is 0 Å². The minimum Gasteiger partial charge on any atom is -0.311 e. The second-order valence-electron chi connectivity index (χ2n) is 6.39. The molecule has 1 N–H and O–H groups in total. The average molecular weight is 283 g/mol. The van der Waals surface area contributed by atoms with Crippen molar-refractivity contribution < 1.29 is 0 Å². The van der Waals surface area contributed by atoms with Crippen LogP contribution in [0.2, 0.25) is 0 Å². The lowest BCUT2D eigenvalue weighted by molar-refractivity contribution is 0.108. The standard InChI is InChI=1S/C18H25N3/c1-19-17(18(21(2)3)10-6-7-11-18)15-12-14-8-4-5-9-16(14)20-13-15/h4-5,8-9,12-13,17,19H,6-7,10-11H2,1-3H3. The molecule has 1 aliphatic carbocycles. The van der Waals surface area contributed by atoms with Crippen molar-refractivity contribution in [3.8, 4) is 0 Å². The summed E-state index contributed by atoms with van der Waals surface area (Å²) in [6, 6.07) is 11.0. The molecule has 21 heavy (non-hydrogen) atoms. The first-order chi connectivity index (χ1) is 10.2. The Morgan fingerprint density at radius 1 is 1.19 bits per heavy atom.